The fourth-order valence-corrected chi connectivity index (χ4v) is 4.13. The van der Waals surface area contributed by atoms with Gasteiger partial charge in [-0.1, -0.05) is 20.8 Å². The van der Waals surface area contributed by atoms with Gasteiger partial charge in [-0.05, 0) is 39.5 Å². The zero-order chi connectivity index (χ0) is 22.8. The number of hydrogen-bond acceptors (Lipinski definition) is 6. The number of carbonyl (C=O) groups is 1. The van der Waals surface area contributed by atoms with E-state index in [1.165, 1.54) is 0 Å². The molecular weight excluding hydrogens is 398 g/mol. The van der Waals surface area contributed by atoms with Gasteiger partial charge < -0.3 is 19.4 Å². The monoisotopic (exact) mass is 433 g/mol. The van der Waals surface area contributed by atoms with Crippen molar-refractivity contribution in [3.05, 3.63) is 28.2 Å². The van der Waals surface area contributed by atoms with Crippen molar-refractivity contribution in [3.63, 3.8) is 0 Å². The standard InChI is InChI=1S/C20H29N5O4.C2H6/c1-12-10-24(19(27)29-20(2,3)4)11-14(12)16-22-18(26)15-9-21-17(25(15)23-16)13-5-7-28-8-6-13;1-2/h9,12-14H,5-8,10-11H2,1-4H3,(H,22,23,26);1-2H3. The molecule has 1 N–H and O–H groups in total. The Morgan fingerprint density at radius 1 is 1.23 bits per heavy atom. The summed E-state index contributed by atoms with van der Waals surface area (Å²) >= 11 is 0. The predicted octanol–water partition coefficient (Wildman–Crippen LogP) is 3.31. The summed E-state index contributed by atoms with van der Waals surface area (Å²) in [6.07, 6.45) is 3.00. The molecule has 2 fully saturated rings. The van der Waals surface area contributed by atoms with Crippen molar-refractivity contribution in [2.24, 2.45) is 5.92 Å². The molecule has 0 bridgehead atoms. The lowest BCUT2D eigenvalue weighted by atomic mass is 9.97. The number of hydrogen-bond donors (Lipinski definition) is 1. The fraction of sp³-hybridized carbons (Fsp3) is 0.727. The van der Waals surface area contributed by atoms with E-state index in [1.54, 1.807) is 15.6 Å². The molecule has 2 aliphatic rings. The highest BCUT2D eigenvalue weighted by molar-refractivity contribution is 5.68. The Morgan fingerprint density at radius 3 is 2.55 bits per heavy atom. The smallest absolute Gasteiger partial charge is 0.410 e. The third kappa shape index (κ3) is 5.08. The van der Waals surface area contributed by atoms with Crippen LogP contribution in [0.4, 0.5) is 4.79 Å². The van der Waals surface area contributed by atoms with Gasteiger partial charge in [0, 0.05) is 38.1 Å². The summed E-state index contributed by atoms with van der Waals surface area (Å²) < 4.78 is 12.6. The Hall–Kier alpha value is -2.42. The minimum absolute atomic E-state index is 0.0652. The van der Waals surface area contributed by atoms with Gasteiger partial charge in [-0.2, -0.15) is 5.10 Å². The van der Waals surface area contributed by atoms with Crippen molar-refractivity contribution in [3.8, 4) is 0 Å². The maximum Gasteiger partial charge on any atom is 0.410 e. The van der Waals surface area contributed by atoms with Crippen molar-refractivity contribution in [2.45, 2.75) is 71.8 Å². The van der Waals surface area contributed by atoms with Gasteiger partial charge >= 0.3 is 6.09 Å². The lowest BCUT2D eigenvalue weighted by molar-refractivity contribution is 0.0287. The van der Waals surface area contributed by atoms with Gasteiger partial charge in [0.25, 0.3) is 5.56 Å². The van der Waals surface area contributed by atoms with E-state index in [4.69, 9.17) is 14.6 Å². The van der Waals surface area contributed by atoms with E-state index >= 15 is 0 Å². The lowest BCUT2D eigenvalue weighted by Crippen LogP contribution is -2.35. The zero-order valence-corrected chi connectivity index (χ0v) is 19.5. The summed E-state index contributed by atoms with van der Waals surface area (Å²) in [6.45, 7) is 14.0. The Kier molecular flexibility index (Phi) is 7.03. The van der Waals surface area contributed by atoms with Crippen molar-refractivity contribution in [1.29, 1.82) is 0 Å². The van der Waals surface area contributed by atoms with Crippen LogP contribution in [0.5, 0.6) is 0 Å². The molecule has 31 heavy (non-hydrogen) atoms. The van der Waals surface area contributed by atoms with Gasteiger partial charge in [0.2, 0.25) is 0 Å². The first-order valence-electron chi connectivity index (χ1n) is 11.3. The molecule has 2 aromatic rings. The second-order valence-corrected chi connectivity index (χ2v) is 9.11. The number of nitrogens with zero attached hydrogens (tertiary/aromatic N) is 4. The van der Waals surface area contributed by atoms with Crippen LogP contribution in [0.3, 0.4) is 0 Å². The number of carbonyl (C=O) groups excluding carboxylic acids is 1. The number of rotatable bonds is 2. The number of aromatic amines is 1. The minimum Gasteiger partial charge on any atom is -0.444 e. The molecule has 0 aromatic carbocycles. The molecule has 1 amide bonds. The zero-order valence-electron chi connectivity index (χ0n) is 19.5. The number of H-pyrrole nitrogens is 1. The van der Waals surface area contributed by atoms with Crippen LogP contribution < -0.4 is 5.56 Å². The summed E-state index contributed by atoms with van der Waals surface area (Å²) in [6, 6.07) is 0. The van der Waals surface area contributed by atoms with Crippen LogP contribution in [0.15, 0.2) is 11.0 Å². The molecule has 4 heterocycles. The molecule has 0 spiro atoms. The Morgan fingerprint density at radius 2 is 1.90 bits per heavy atom. The average Bonchev–Trinajstić information content (AvgIpc) is 3.33. The predicted molar refractivity (Wildman–Crippen MR) is 117 cm³/mol. The molecule has 0 saturated carbocycles. The largest absolute Gasteiger partial charge is 0.444 e. The molecule has 9 nitrogen and oxygen atoms in total. The molecule has 9 heteroatoms. The van der Waals surface area contributed by atoms with E-state index < -0.39 is 5.60 Å². The van der Waals surface area contributed by atoms with E-state index in [1.807, 2.05) is 34.6 Å². The van der Waals surface area contributed by atoms with Gasteiger partial charge in [0.1, 0.15) is 17.2 Å². The molecule has 2 unspecified atom stereocenters. The molecule has 0 aliphatic carbocycles. The molecule has 2 aliphatic heterocycles. The van der Waals surface area contributed by atoms with Crippen molar-refractivity contribution >= 4 is 11.6 Å². The molecule has 172 valence electrons. The molecule has 4 rings (SSSR count). The van der Waals surface area contributed by atoms with Gasteiger partial charge in [-0.15, -0.1) is 0 Å². The molecule has 2 aromatic heterocycles. The summed E-state index contributed by atoms with van der Waals surface area (Å²) in [4.78, 5) is 34.2. The van der Waals surface area contributed by atoms with Crippen LogP contribution in [0.2, 0.25) is 0 Å². The summed E-state index contributed by atoms with van der Waals surface area (Å²) in [7, 11) is 0. The quantitative estimate of drug-likeness (QED) is 0.780. The summed E-state index contributed by atoms with van der Waals surface area (Å²) in [5, 5.41) is 4.75. The number of likely N-dealkylation sites (tertiary alicyclic amines) is 1. The van der Waals surface area contributed by atoms with Crippen molar-refractivity contribution in [2.75, 3.05) is 26.3 Å². The first-order chi connectivity index (χ1) is 14.7. The maximum atomic E-state index is 12.7. The number of aromatic nitrogens is 4. The Balaban J connectivity index is 0.00000132. The van der Waals surface area contributed by atoms with E-state index in [0.717, 1.165) is 18.7 Å². The van der Waals surface area contributed by atoms with Crippen LogP contribution in [0.1, 0.15) is 77.9 Å². The minimum atomic E-state index is -0.542. The second-order valence-electron chi connectivity index (χ2n) is 9.11. The first kappa shape index (κ1) is 23.2. The Bertz CT molecular complexity index is 955. The maximum absolute atomic E-state index is 12.7. The van der Waals surface area contributed by atoms with E-state index in [0.29, 0.717) is 37.6 Å². The van der Waals surface area contributed by atoms with Crippen molar-refractivity contribution < 1.29 is 14.3 Å². The third-order valence-electron chi connectivity index (χ3n) is 5.65. The van der Waals surface area contributed by atoms with Crippen LogP contribution in [-0.2, 0) is 9.47 Å². The van der Waals surface area contributed by atoms with Crippen LogP contribution >= 0.6 is 0 Å². The number of nitrogens with one attached hydrogen (secondary N) is 1. The highest BCUT2D eigenvalue weighted by Gasteiger charge is 2.37. The number of ether oxygens (including phenoxy) is 2. The Labute approximate surface area is 183 Å². The second kappa shape index (κ2) is 9.38. The summed E-state index contributed by atoms with van der Waals surface area (Å²) in [5.41, 5.74) is -0.298. The van der Waals surface area contributed by atoms with Gasteiger partial charge in [0.05, 0.1) is 6.20 Å². The first-order valence-corrected chi connectivity index (χ1v) is 11.3. The average molecular weight is 434 g/mol. The van der Waals surface area contributed by atoms with Gasteiger partial charge in [-0.25, -0.2) is 14.3 Å². The highest BCUT2D eigenvalue weighted by atomic mass is 16.6. The topological polar surface area (TPSA) is 102 Å². The van der Waals surface area contributed by atoms with Gasteiger partial charge in [-0.3, -0.25) is 4.79 Å². The van der Waals surface area contributed by atoms with E-state index in [-0.39, 0.29) is 29.4 Å². The van der Waals surface area contributed by atoms with Crippen LogP contribution in [0.25, 0.3) is 5.52 Å². The number of amides is 1. The SMILES string of the molecule is CC.CC1CN(C(=O)OC(C)(C)C)CC1c1nn2c(C3CCOCC3)ncc2c(=O)[nH]1. The number of fused-ring (bicyclic) bond motifs is 1. The number of imidazole rings is 1. The lowest BCUT2D eigenvalue weighted by Gasteiger charge is -2.24. The third-order valence-corrected chi connectivity index (χ3v) is 5.65. The molecule has 2 saturated heterocycles. The summed E-state index contributed by atoms with van der Waals surface area (Å²) in [5.74, 6) is 1.72. The fourth-order valence-electron chi connectivity index (χ4n) is 4.13. The van der Waals surface area contributed by atoms with Crippen LogP contribution in [-0.4, -0.2) is 62.5 Å². The van der Waals surface area contributed by atoms with E-state index in [2.05, 4.69) is 16.9 Å². The molecule has 0 radical (unpaired) electrons. The van der Waals surface area contributed by atoms with Crippen molar-refractivity contribution in [1.82, 2.24) is 24.5 Å². The normalized spacial score (nSPS) is 22.3. The molecular formula is C22H35N5O4. The van der Waals surface area contributed by atoms with Crippen LogP contribution in [0, 0.1) is 5.92 Å². The van der Waals surface area contributed by atoms with E-state index in [9.17, 15) is 9.59 Å². The highest BCUT2D eigenvalue weighted by Crippen LogP contribution is 2.31. The molecule has 2 atom stereocenters. The van der Waals surface area contributed by atoms with Gasteiger partial charge in [0.15, 0.2) is 5.52 Å².